The van der Waals surface area contributed by atoms with Crippen LogP contribution in [-0.4, -0.2) is 42.6 Å². The van der Waals surface area contributed by atoms with Crippen molar-refractivity contribution in [1.82, 2.24) is 19.8 Å². The summed E-state index contributed by atoms with van der Waals surface area (Å²) in [7, 11) is -3.55. The van der Waals surface area contributed by atoms with Crippen molar-refractivity contribution >= 4 is 21.6 Å². The van der Waals surface area contributed by atoms with Crippen molar-refractivity contribution in [1.29, 1.82) is 0 Å². The highest BCUT2D eigenvalue weighted by atomic mass is 35.5. The molecule has 2 aromatic heterocycles. The Balaban J connectivity index is 1.30. The molecule has 0 bridgehead atoms. The molecule has 1 aliphatic heterocycles. The molecule has 0 amide bonds. The van der Waals surface area contributed by atoms with E-state index in [0.717, 1.165) is 13.1 Å². The molecule has 3 heterocycles. The van der Waals surface area contributed by atoms with E-state index in [2.05, 4.69) is 19.8 Å². The summed E-state index contributed by atoms with van der Waals surface area (Å²) < 4.78 is 38.3. The average molecular weight is 423 g/mol. The smallest absolute Gasteiger partial charge is 0.241 e. The molecule has 3 aromatic rings. The average Bonchev–Trinajstić information content (AvgIpc) is 3.35. The summed E-state index contributed by atoms with van der Waals surface area (Å²) in [6, 6.07) is 9.57. The molecule has 0 atom stereocenters. The van der Waals surface area contributed by atoms with E-state index in [1.54, 1.807) is 30.5 Å². The van der Waals surface area contributed by atoms with Crippen LogP contribution in [0.25, 0.3) is 11.6 Å². The lowest BCUT2D eigenvalue weighted by molar-refractivity contribution is 0.177. The Labute approximate surface area is 167 Å². The van der Waals surface area contributed by atoms with Crippen LogP contribution in [0, 0.1) is 0 Å². The molecule has 0 saturated carbocycles. The standard InChI is InChI=1S/C18H19ClN4O4S/c19-13-3-5-15(6-4-13)28(24,25)22-14-7-9-23(10-8-14)12-17-20-18(21-27-17)16-2-1-11-26-16/h1-6,11,14,22H,7-10,12H2. The first-order chi connectivity index (χ1) is 13.5. The number of piperidine rings is 1. The zero-order valence-electron chi connectivity index (χ0n) is 14.9. The lowest BCUT2D eigenvalue weighted by atomic mass is 10.1. The van der Waals surface area contributed by atoms with Gasteiger partial charge in [0.1, 0.15) is 0 Å². The number of sulfonamides is 1. The fourth-order valence-electron chi connectivity index (χ4n) is 3.13. The molecule has 28 heavy (non-hydrogen) atoms. The van der Waals surface area contributed by atoms with Gasteiger partial charge in [-0.2, -0.15) is 4.98 Å². The molecule has 0 aliphatic carbocycles. The van der Waals surface area contributed by atoms with Crippen LogP contribution < -0.4 is 4.72 Å². The Morgan fingerprint density at radius 3 is 2.61 bits per heavy atom. The summed E-state index contributed by atoms with van der Waals surface area (Å²) in [5.41, 5.74) is 0. The molecule has 1 aliphatic rings. The van der Waals surface area contributed by atoms with Crippen LogP contribution in [0.1, 0.15) is 18.7 Å². The van der Waals surface area contributed by atoms with Gasteiger partial charge in [-0.25, -0.2) is 13.1 Å². The molecule has 0 unspecified atom stereocenters. The number of benzene rings is 1. The number of furan rings is 1. The first kappa shape index (κ1) is 19.1. The molecule has 1 N–H and O–H groups in total. The second-order valence-electron chi connectivity index (χ2n) is 6.61. The number of aromatic nitrogens is 2. The number of hydrogen-bond donors (Lipinski definition) is 1. The first-order valence-corrected chi connectivity index (χ1v) is 10.7. The van der Waals surface area contributed by atoms with E-state index in [9.17, 15) is 8.42 Å². The van der Waals surface area contributed by atoms with Crippen molar-refractivity contribution < 1.29 is 17.4 Å². The van der Waals surface area contributed by atoms with Gasteiger partial charge in [0.25, 0.3) is 0 Å². The van der Waals surface area contributed by atoms with Gasteiger partial charge in [0.15, 0.2) is 5.76 Å². The van der Waals surface area contributed by atoms with Crippen molar-refractivity contribution in [3.8, 4) is 11.6 Å². The quantitative estimate of drug-likeness (QED) is 0.651. The van der Waals surface area contributed by atoms with Crippen LogP contribution in [0.4, 0.5) is 0 Å². The van der Waals surface area contributed by atoms with Crippen LogP contribution in [0.2, 0.25) is 5.02 Å². The van der Waals surface area contributed by atoms with Crippen molar-refractivity contribution in [2.75, 3.05) is 13.1 Å². The second kappa shape index (κ2) is 8.04. The lowest BCUT2D eigenvalue weighted by Gasteiger charge is -2.31. The highest BCUT2D eigenvalue weighted by Gasteiger charge is 2.25. The fourth-order valence-corrected chi connectivity index (χ4v) is 4.56. The number of hydrogen-bond acceptors (Lipinski definition) is 7. The highest BCUT2D eigenvalue weighted by molar-refractivity contribution is 7.89. The van der Waals surface area contributed by atoms with Crippen LogP contribution in [0.15, 0.2) is 56.5 Å². The van der Waals surface area contributed by atoms with Crippen LogP contribution >= 0.6 is 11.6 Å². The van der Waals surface area contributed by atoms with Gasteiger partial charge < -0.3 is 8.94 Å². The van der Waals surface area contributed by atoms with Gasteiger partial charge in [0, 0.05) is 24.2 Å². The molecular weight excluding hydrogens is 404 g/mol. The summed E-state index contributed by atoms with van der Waals surface area (Å²) >= 11 is 5.82. The van der Waals surface area contributed by atoms with Gasteiger partial charge in [-0.1, -0.05) is 16.8 Å². The van der Waals surface area contributed by atoms with Gasteiger partial charge >= 0.3 is 0 Å². The zero-order chi connectivity index (χ0) is 19.6. The summed E-state index contributed by atoms with van der Waals surface area (Å²) in [6.45, 7) is 1.98. The van der Waals surface area contributed by atoms with Crippen LogP contribution in [-0.2, 0) is 16.6 Å². The van der Waals surface area contributed by atoms with Gasteiger partial charge in [-0.3, -0.25) is 4.90 Å². The third kappa shape index (κ3) is 4.44. The number of likely N-dealkylation sites (tertiary alicyclic amines) is 1. The minimum atomic E-state index is -3.55. The summed E-state index contributed by atoms with van der Waals surface area (Å²) in [5.74, 6) is 1.49. The number of rotatable bonds is 6. The van der Waals surface area contributed by atoms with E-state index in [1.807, 2.05) is 0 Å². The normalized spacial score (nSPS) is 16.5. The monoisotopic (exact) mass is 422 g/mol. The van der Waals surface area contributed by atoms with Crippen molar-refractivity contribution in [3.63, 3.8) is 0 Å². The number of nitrogens with one attached hydrogen (secondary N) is 1. The Bertz CT molecular complexity index is 1010. The third-order valence-corrected chi connectivity index (χ3v) is 6.39. The highest BCUT2D eigenvalue weighted by Crippen LogP contribution is 2.20. The van der Waals surface area contributed by atoms with Crippen molar-refractivity contribution in [2.24, 2.45) is 0 Å². The SMILES string of the molecule is O=S(=O)(NC1CCN(Cc2nc(-c3ccco3)no2)CC1)c1ccc(Cl)cc1. The predicted octanol–water partition coefficient (Wildman–Crippen LogP) is 2.93. The Hall–Kier alpha value is -2.20. The topological polar surface area (TPSA) is 101 Å². The minimum Gasteiger partial charge on any atom is -0.461 e. The van der Waals surface area contributed by atoms with Gasteiger partial charge in [-0.05, 0) is 49.2 Å². The summed E-state index contributed by atoms with van der Waals surface area (Å²) in [5, 5.41) is 4.42. The maximum atomic E-state index is 12.5. The van der Waals surface area contributed by atoms with Gasteiger partial charge in [0.05, 0.1) is 17.7 Å². The second-order valence-corrected chi connectivity index (χ2v) is 8.77. The van der Waals surface area contributed by atoms with E-state index in [1.165, 1.54) is 12.1 Å². The number of halogens is 1. The van der Waals surface area contributed by atoms with E-state index in [-0.39, 0.29) is 10.9 Å². The summed E-state index contributed by atoms with van der Waals surface area (Å²) in [6.07, 6.45) is 2.96. The number of nitrogens with zero attached hydrogens (tertiary/aromatic N) is 3. The molecule has 1 fully saturated rings. The Morgan fingerprint density at radius 2 is 1.93 bits per heavy atom. The van der Waals surface area contributed by atoms with Crippen LogP contribution in [0.3, 0.4) is 0 Å². The molecule has 10 heteroatoms. The maximum absolute atomic E-state index is 12.5. The summed E-state index contributed by atoms with van der Waals surface area (Å²) in [4.78, 5) is 6.71. The molecule has 1 saturated heterocycles. The Morgan fingerprint density at radius 1 is 1.18 bits per heavy atom. The lowest BCUT2D eigenvalue weighted by Crippen LogP contribution is -2.44. The van der Waals surface area contributed by atoms with Crippen LogP contribution in [0.5, 0.6) is 0 Å². The fraction of sp³-hybridized carbons (Fsp3) is 0.333. The van der Waals surface area contributed by atoms with Gasteiger partial charge in [-0.15, -0.1) is 0 Å². The van der Waals surface area contributed by atoms with E-state index in [0.29, 0.717) is 41.9 Å². The largest absolute Gasteiger partial charge is 0.461 e. The van der Waals surface area contributed by atoms with E-state index in [4.69, 9.17) is 20.5 Å². The van der Waals surface area contributed by atoms with E-state index < -0.39 is 10.0 Å². The molecular formula is C18H19ClN4O4S. The Kier molecular flexibility index (Phi) is 5.49. The molecule has 0 radical (unpaired) electrons. The molecule has 0 spiro atoms. The molecule has 148 valence electrons. The molecule has 8 nitrogen and oxygen atoms in total. The third-order valence-electron chi connectivity index (χ3n) is 4.60. The van der Waals surface area contributed by atoms with Crippen molar-refractivity contribution in [2.45, 2.75) is 30.3 Å². The maximum Gasteiger partial charge on any atom is 0.241 e. The molecule has 4 rings (SSSR count). The predicted molar refractivity (Wildman–Crippen MR) is 102 cm³/mol. The zero-order valence-corrected chi connectivity index (χ0v) is 16.5. The molecule has 1 aromatic carbocycles. The van der Waals surface area contributed by atoms with E-state index >= 15 is 0 Å². The minimum absolute atomic E-state index is 0.113. The van der Waals surface area contributed by atoms with Crippen molar-refractivity contribution in [3.05, 3.63) is 53.6 Å². The van der Waals surface area contributed by atoms with Gasteiger partial charge in [0.2, 0.25) is 21.7 Å². The first-order valence-electron chi connectivity index (χ1n) is 8.86.